The predicted molar refractivity (Wildman–Crippen MR) is 155 cm³/mol. The minimum atomic E-state index is -2.17. The zero-order chi connectivity index (χ0) is 27.0. The Morgan fingerprint density at radius 1 is 1.05 bits per heavy atom. The molecular weight excluding hydrogens is 472 g/mol. The summed E-state index contributed by atoms with van der Waals surface area (Å²) in [6.45, 7) is 15.4. The Bertz CT molecular complexity index is 1320. The number of hydrogen-bond acceptors (Lipinski definition) is 2. The lowest BCUT2D eigenvalue weighted by molar-refractivity contribution is -0.128. The summed E-state index contributed by atoms with van der Waals surface area (Å²) in [7, 11) is -0.269. The monoisotopic (exact) mass is 512 g/mol. The van der Waals surface area contributed by atoms with Crippen LogP contribution in [0.3, 0.4) is 0 Å². The van der Waals surface area contributed by atoms with Crippen molar-refractivity contribution in [3.63, 3.8) is 0 Å². The van der Waals surface area contributed by atoms with Gasteiger partial charge in [0.05, 0.1) is 6.04 Å². The molecular formula is C32H40N2O2Si. The molecule has 4 rings (SSSR count). The van der Waals surface area contributed by atoms with E-state index in [0.29, 0.717) is 6.42 Å². The van der Waals surface area contributed by atoms with Crippen molar-refractivity contribution in [3.05, 3.63) is 83.2 Å². The number of likely N-dealkylation sites (tertiary alicyclic amines) is 1. The van der Waals surface area contributed by atoms with Crippen LogP contribution in [0.2, 0.25) is 18.1 Å². The second-order valence-corrected chi connectivity index (χ2v) is 16.6. The van der Waals surface area contributed by atoms with E-state index in [1.165, 1.54) is 5.56 Å². The Hall–Kier alpha value is -3.07. The van der Waals surface area contributed by atoms with Crippen LogP contribution in [0.5, 0.6) is 0 Å². The van der Waals surface area contributed by atoms with Gasteiger partial charge in [-0.25, -0.2) is 0 Å². The third-order valence-electron chi connectivity index (χ3n) is 8.09. The van der Waals surface area contributed by atoms with Crippen molar-refractivity contribution in [1.82, 2.24) is 9.88 Å². The predicted octanol–water partition coefficient (Wildman–Crippen LogP) is 7.05. The molecule has 0 saturated carbocycles. The number of aryl methyl sites for hydroxylation is 2. The van der Waals surface area contributed by atoms with E-state index in [2.05, 4.69) is 101 Å². The molecule has 2 aromatic carbocycles. The smallest absolute Gasteiger partial charge is 0.223 e. The molecule has 1 aliphatic heterocycles. The maximum absolute atomic E-state index is 13.0. The maximum atomic E-state index is 13.0. The van der Waals surface area contributed by atoms with Gasteiger partial charge in [-0.2, -0.15) is 0 Å². The fourth-order valence-corrected chi connectivity index (χ4v) is 6.13. The van der Waals surface area contributed by atoms with Gasteiger partial charge in [0.25, 0.3) is 0 Å². The summed E-state index contributed by atoms with van der Waals surface area (Å²) >= 11 is 0. The summed E-state index contributed by atoms with van der Waals surface area (Å²) in [5, 5.41) is 0.0277. The van der Waals surface area contributed by atoms with Crippen LogP contribution in [0.4, 0.5) is 0 Å². The Morgan fingerprint density at radius 3 is 2.38 bits per heavy atom. The molecule has 0 unspecified atom stereocenters. The van der Waals surface area contributed by atoms with Crippen LogP contribution >= 0.6 is 0 Å². The molecule has 1 N–H and O–H groups in total. The van der Waals surface area contributed by atoms with E-state index >= 15 is 0 Å². The molecule has 1 fully saturated rings. The number of aromatic amines is 1. The molecule has 5 heteroatoms. The molecule has 3 atom stereocenters. The second kappa shape index (κ2) is 10.4. The lowest BCUT2D eigenvalue weighted by atomic mass is 9.88. The number of carbonyl (C=O) groups excluding carboxylic acids is 1. The molecule has 1 aromatic heterocycles. The number of H-pyrrole nitrogens is 1. The number of likely N-dealkylation sites (N-methyl/N-ethyl adjacent to an activating group) is 1. The number of aromatic nitrogens is 1. The highest BCUT2D eigenvalue weighted by Gasteiger charge is 2.47. The average Bonchev–Trinajstić information content (AvgIpc) is 3.34. The molecule has 4 nitrogen and oxygen atoms in total. The molecule has 0 bridgehead atoms. The van der Waals surface area contributed by atoms with Crippen molar-refractivity contribution in [2.24, 2.45) is 0 Å². The van der Waals surface area contributed by atoms with Gasteiger partial charge in [-0.3, -0.25) is 4.79 Å². The molecule has 0 radical (unpaired) electrons. The highest BCUT2D eigenvalue weighted by atomic mass is 28.4. The van der Waals surface area contributed by atoms with Crippen LogP contribution < -0.4 is 0 Å². The van der Waals surface area contributed by atoms with Gasteiger partial charge >= 0.3 is 0 Å². The van der Waals surface area contributed by atoms with E-state index in [9.17, 15) is 4.79 Å². The summed E-state index contributed by atoms with van der Waals surface area (Å²) < 4.78 is 6.98. The normalized spacial score (nSPS) is 19.0. The van der Waals surface area contributed by atoms with Crippen molar-refractivity contribution in [1.29, 1.82) is 0 Å². The number of nitrogens with one attached hydrogen (secondary N) is 1. The van der Waals surface area contributed by atoms with Crippen molar-refractivity contribution in [3.8, 4) is 23.0 Å². The van der Waals surface area contributed by atoms with Gasteiger partial charge in [-0.15, -0.1) is 0 Å². The average molecular weight is 513 g/mol. The van der Waals surface area contributed by atoms with E-state index in [1.807, 2.05) is 36.2 Å². The number of carbonyl (C=O) groups is 1. The van der Waals surface area contributed by atoms with Crippen LogP contribution in [0.15, 0.2) is 60.7 Å². The number of amides is 1. The van der Waals surface area contributed by atoms with Crippen molar-refractivity contribution >= 4 is 14.2 Å². The topological polar surface area (TPSA) is 45.3 Å². The first kappa shape index (κ1) is 27.0. The summed E-state index contributed by atoms with van der Waals surface area (Å²) in [6.07, 6.45) is 0.0914. The molecule has 37 heavy (non-hydrogen) atoms. The maximum Gasteiger partial charge on any atom is 0.223 e. The van der Waals surface area contributed by atoms with Gasteiger partial charge in [-0.05, 0) is 61.3 Å². The first-order chi connectivity index (χ1) is 17.4. The van der Waals surface area contributed by atoms with Crippen molar-refractivity contribution in [2.45, 2.75) is 77.2 Å². The van der Waals surface area contributed by atoms with Crippen LogP contribution in [-0.4, -0.2) is 43.3 Å². The number of rotatable bonds is 5. The largest absolute Gasteiger partial charge is 0.401 e. The van der Waals surface area contributed by atoms with Crippen molar-refractivity contribution < 1.29 is 9.22 Å². The molecule has 3 aromatic rings. The quantitative estimate of drug-likeness (QED) is 0.294. The zero-order valence-corrected chi connectivity index (χ0v) is 24.5. The summed E-state index contributed by atoms with van der Waals surface area (Å²) in [4.78, 5) is 18.2. The van der Waals surface area contributed by atoms with Gasteiger partial charge in [0, 0.05) is 41.9 Å². The fraction of sp³-hybridized carbons (Fsp3) is 0.406. The van der Waals surface area contributed by atoms with Gasteiger partial charge in [0.2, 0.25) is 5.91 Å². The zero-order valence-electron chi connectivity index (χ0n) is 23.5. The summed E-state index contributed by atoms with van der Waals surface area (Å²) in [6, 6.07) is 20.7. The standard InChI is InChI=1S/C32H40N2O2Si/c1-22-19-27(23(2)33-22)26-16-12-13-24(20-26)17-18-29(36-37(7,8)32(3,4)5)31-28(21-30(35)34(31)6)25-14-10-9-11-15-25/h9-16,19-20,28-29,31,33H,21H2,1-8H3/t28-,29-,31-/m1/s1. The lowest BCUT2D eigenvalue weighted by Crippen LogP contribution is -2.50. The SMILES string of the molecule is Cc1cc(-c2cccc(C#C[C@@H](O[Si](C)(C)C(C)(C)C)[C@H]3[C@@H](c4ccccc4)CC(=O)N3C)c2)c(C)[nH]1. The minimum Gasteiger partial charge on any atom is -0.401 e. The van der Waals surface area contributed by atoms with E-state index in [1.54, 1.807) is 0 Å². The van der Waals surface area contributed by atoms with Crippen LogP contribution in [0.1, 0.15) is 55.6 Å². The molecule has 1 saturated heterocycles. The third-order valence-corrected chi connectivity index (χ3v) is 12.6. The van der Waals surface area contributed by atoms with Gasteiger partial charge in [0.1, 0.15) is 6.10 Å². The number of benzene rings is 2. The highest BCUT2D eigenvalue weighted by molar-refractivity contribution is 6.74. The van der Waals surface area contributed by atoms with E-state index in [-0.39, 0.29) is 29.0 Å². The van der Waals surface area contributed by atoms with Crippen LogP contribution in [-0.2, 0) is 9.22 Å². The van der Waals surface area contributed by atoms with Gasteiger partial charge < -0.3 is 14.3 Å². The summed E-state index contributed by atoms with van der Waals surface area (Å²) in [5.74, 6) is 7.14. The molecule has 1 aliphatic rings. The highest BCUT2D eigenvalue weighted by Crippen LogP contribution is 2.41. The molecule has 194 valence electrons. The van der Waals surface area contributed by atoms with Crippen LogP contribution in [0.25, 0.3) is 11.1 Å². The minimum absolute atomic E-state index is 0.0277. The van der Waals surface area contributed by atoms with E-state index < -0.39 is 8.32 Å². The molecule has 2 heterocycles. The number of hydrogen-bond donors (Lipinski definition) is 1. The van der Waals surface area contributed by atoms with E-state index in [4.69, 9.17) is 4.43 Å². The first-order valence-corrected chi connectivity index (χ1v) is 16.0. The lowest BCUT2D eigenvalue weighted by Gasteiger charge is -2.41. The Labute approximate surface area is 223 Å². The Balaban J connectivity index is 1.75. The molecule has 0 aliphatic carbocycles. The van der Waals surface area contributed by atoms with Gasteiger partial charge in [0.15, 0.2) is 8.32 Å². The summed E-state index contributed by atoms with van der Waals surface area (Å²) in [5.41, 5.74) is 6.75. The first-order valence-electron chi connectivity index (χ1n) is 13.1. The third kappa shape index (κ3) is 5.76. The second-order valence-electron chi connectivity index (χ2n) is 11.9. The molecule has 0 spiro atoms. The van der Waals surface area contributed by atoms with Gasteiger partial charge in [-0.1, -0.05) is 75.1 Å². The Kier molecular flexibility index (Phi) is 7.55. The Morgan fingerprint density at radius 2 is 1.76 bits per heavy atom. The fourth-order valence-electron chi connectivity index (χ4n) is 4.94. The van der Waals surface area contributed by atoms with Crippen molar-refractivity contribution in [2.75, 3.05) is 7.05 Å². The van der Waals surface area contributed by atoms with Crippen LogP contribution in [0, 0.1) is 25.7 Å². The number of nitrogens with zero attached hydrogens (tertiary/aromatic N) is 1. The molecule has 1 amide bonds. The van der Waals surface area contributed by atoms with E-state index in [0.717, 1.165) is 28.1 Å².